The van der Waals surface area contributed by atoms with E-state index in [1.54, 1.807) is 76.4 Å². The van der Waals surface area contributed by atoms with Crippen molar-refractivity contribution in [2.75, 3.05) is 65.9 Å². The standard InChI is InChI=1S/C91H131N19O21S/c1-12-14-21-71-85(124)99-63(33-49(3)4)83(122)104-69(79(95)118)47-132-48-77(115)97-65(35-52-24-26-56(111)27-25-52)87(126)105(8)51(7)80(119)100-67(41-76(94)114)89(128)109-32-18-23-72(109)86(125)103-68(42-93)84(123)101-64(34-50(5)6)90(129)110-45-57(112)39-74(110)75(113)38-53(36-54-43-96-61-20-17-16-19-59(54)61)81(120)98-62(30-31-92)82(121)102-66(88(127)107(10)73(22-15-13-2)91(130)106(71)9)37-55-44-108(46-78(116)117)70-29-28-58(131-11)40-60(55)70/h16-17,19-20,24-29,40,43-44,49-51,53,57,62-69,71-74,96,111-112H,12-15,18,21-23,30-39,41-42,45-48,92-93H2,1-11H3,(H2,94,114)(H2,95,118)(H,97,115)(H,98,120)(H,99,124)(H,100,119)(H,101,123)(H,102,121)(H,103,125)(H,104,122)(H,116,117)/t51-,53+,57+,62-,63-,64-,65-,66-,67-,68-,69-,71-,72-,73-,74-/m0/s1. The fourth-order valence-corrected chi connectivity index (χ4v) is 17.8. The number of ketones is 1. The van der Waals surface area contributed by atoms with Gasteiger partial charge in [0.2, 0.25) is 88.6 Å². The van der Waals surface area contributed by atoms with Gasteiger partial charge in [-0.2, -0.15) is 0 Å². The number of aromatic amines is 1. The van der Waals surface area contributed by atoms with Crippen LogP contribution in [-0.2, 0) is 107 Å². The molecule has 8 rings (SSSR count). The number of benzene rings is 3. The molecule has 3 fully saturated rings. The molecule has 0 bridgehead atoms. The fraction of sp³-hybridized carbons (Fsp3) is 0.571. The van der Waals surface area contributed by atoms with Gasteiger partial charge in [-0.1, -0.05) is 97.6 Å². The summed E-state index contributed by atoms with van der Waals surface area (Å²) in [5, 5.41) is 54.4. The minimum atomic E-state index is -1.75. The van der Waals surface area contributed by atoms with E-state index in [0.29, 0.717) is 69.9 Å². The van der Waals surface area contributed by atoms with Crippen molar-refractivity contribution in [1.82, 2.24) is 76.6 Å². The number of phenols is 1. The van der Waals surface area contributed by atoms with Crippen LogP contribution in [0.25, 0.3) is 21.8 Å². The number of methoxy groups -OCH3 is 1. The fourth-order valence-electron chi connectivity index (χ4n) is 17.0. The van der Waals surface area contributed by atoms with Crippen molar-refractivity contribution in [3.8, 4) is 11.5 Å². The number of Topliss-reactive ketones (excluding diaryl/α,β-unsaturated/α-hetero) is 1. The molecule has 0 unspecified atom stereocenters. The molecule has 0 aliphatic carbocycles. The van der Waals surface area contributed by atoms with E-state index in [0.717, 1.165) is 31.4 Å². The Balaban J connectivity index is 1.20. The largest absolute Gasteiger partial charge is 0.508 e. The van der Waals surface area contributed by atoms with Gasteiger partial charge in [-0.05, 0) is 130 Å². The van der Waals surface area contributed by atoms with Crippen LogP contribution in [0.1, 0.15) is 155 Å². The van der Waals surface area contributed by atoms with Gasteiger partial charge in [-0.3, -0.25) is 81.5 Å². The highest BCUT2D eigenvalue weighted by Gasteiger charge is 2.47. The number of aliphatic hydroxyl groups excluding tert-OH is 1. The van der Waals surface area contributed by atoms with Crippen LogP contribution < -0.4 is 70.2 Å². The summed E-state index contributed by atoms with van der Waals surface area (Å²) in [5.74, 6) is -18.1. The van der Waals surface area contributed by atoms with Crippen LogP contribution in [0.15, 0.2) is 79.1 Å². The van der Waals surface area contributed by atoms with Gasteiger partial charge in [0, 0.05) is 112 Å². The second-order valence-electron chi connectivity index (χ2n) is 35.2. The summed E-state index contributed by atoms with van der Waals surface area (Å²) in [6.45, 7) is 10.1. The summed E-state index contributed by atoms with van der Waals surface area (Å²) in [6.07, 6.45) is 0.839. The van der Waals surface area contributed by atoms with E-state index in [1.807, 2.05) is 13.8 Å². The number of hydrogen-bond donors (Lipinski definition) is 16. The number of H-pyrrole nitrogens is 1. The number of nitrogens with one attached hydrogen (secondary N) is 9. The summed E-state index contributed by atoms with van der Waals surface area (Å²) in [4.78, 5) is 258. The number of aromatic hydroxyl groups is 1. The Morgan fingerprint density at radius 2 is 1.18 bits per heavy atom. The number of unbranched alkanes of at least 4 members (excludes halogenated alkanes) is 2. The van der Waals surface area contributed by atoms with Crippen molar-refractivity contribution in [1.29, 1.82) is 0 Å². The first-order chi connectivity index (χ1) is 62.6. The van der Waals surface area contributed by atoms with Crippen LogP contribution in [0, 0.1) is 17.8 Å². The third-order valence-electron chi connectivity index (χ3n) is 24.3. The number of aromatic nitrogens is 2. The number of phenolic OH excluding ortho intramolecular Hbond substituents is 1. The summed E-state index contributed by atoms with van der Waals surface area (Å²) in [5.41, 5.74) is 26.5. The number of rotatable bonds is 25. The number of carbonyl (C=O) groups is 17. The van der Waals surface area contributed by atoms with Crippen LogP contribution in [0.2, 0.25) is 0 Å². The number of carboxylic acid groups (broad SMARTS) is 1. The molecule has 132 heavy (non-hydrogen) atoms. The Kier molecular flexibility index (Phi) is 39.3. The highest BCUT2D eigenvalue weighted by atomic mass is 32.2. The third-order valence-corrected chi connectivity index (χ3v) is 25.3. The molecule has 15 amide bonds. The van der Waals surface area contributed by atoms with Gasteiger partial charge < -0.3 is 120 Å². The molecule has 3 saturated heterocycles. The number of hydrogen-bond acceptors (Lipinski definition) is 23. The van der Waals surface area contributed by atoms with Gasteiger partial charge in [0.25, 0.3) is 0 Å². The SMILES string of the molecule is CCCC[C@H]1C(=O)N(C)[C@@H](CCCC)C(=O)N[C@@H](CC(C)C)C(=O)N[C@H](C(N)=O)CSCC(=O)N[C@@H](Cc2ccc(O)cc2)C(=O)N(C)[C@@H](C)C(=O)N[C@@H](CC(N)=O)C(=O)N2CCC[C@H]2C(=O)N[C@@H](CN)C(=O)N[C@@H](CC(C)C)C(=O)N2C[C@H](O)C[C@H]2C(=O)C[C@@H](Cc2c[nH]c3ccccc23)C(=O)N[C@@H](CCN)C(=O)N[C@@H](Cc2cn(CC(=O)O)c3ccc(OC)cc23)C(=O)N1C. The average Bonchev–Trinajstić information content (AvgIpc) is 1.64. The lowest BCUT2D eigenvalue weighted by Gasteiger charge is -2.36. The van der Waals surface area contributed by atoms with Crippen molar-refractivity contribution < 1.29 is 102 Å². The molecule has 3 aromatic carbocycles. The topological polar surface area (TPSA) is 597 Å². The van der Waals surface area contributed by atoms with Crippen LogP contribution >= 0.6 is 11.8 Å². The van der Waals surface area contributed by atoms with Gasteiger partial charge in [-0.25, -0.2) is 0 Å². The van der Waals surface area contributed by atoms with E-state index in [4.69, 9.17) is 27.7 Å². The number of aliphatic hydroxyl groups is 1. The third kappa shape index (κ3) is 28.4. The van der Waals surface area contributed by atoms with Crippen LogP contribution in [-0.4, -0.2) is 300 Å². The number of ether oxygens (including phenoxy) is 1. The number of carbonyl (C=O) groups excluding carboxylic acids is 16. The highest BCUT2D eigenvalue weighted by molar-refractivity contribution is 8.00. The molecule has 722 valence electrons. The molecule has 20 N–H and O–H groups in total. The zero-order valence-corrected chi connectivity index (χ0v) is 77.7. The van der Waals surface area contributed by atoms with E-state index in [2.05, 4.69) is 47.5 Å². The van der Waals surface area contributed by atoms with Crippen molar-refractivity contribution in [3.05, 3.63) is 95.8 Å². The molecule has 0 radical (unpaired) electrons. The Hall–Kier alpha value is -12.2. The van der Waals surface area contributed by atoms with Crippen molar-refractivity contribution in [3.63, 3.8) is 0 Å². The van der Waals surface area contributed by atoms with Gasteiger partial charge >= 0.3 is 5.97 Å². The number of aliphatic carboxylic acids is 1. The Morgan fingerprint density at radius 3 is 1.82 bits per heavy atom. The molecule has 0 saturated carbocycles. The maximum atomic E-state index is 16.0. The summed E-state index contributed by atoms with van der Waals surface area (Å²) < 4.78 is 7.03. The number of para-hydroxylation sites is 1. The van der Waals surface area contributed by atoms with Crippen molar-refractivity contribution >= 4 is 134 Å². The molecule has 15 atom stereocenters. The minimum Gasteiger partial charge on any atom is -0.508 e. The Labute approximate surface area is 771 Å². The monoisotopic (exact) mass is 1860 g/mol. The van der Waals surface area contributed by atoms with Gasteiger partial charge in [-0.15, -0.1) is 11.8 Å². The molecule has 3 aliphatic heterocycles. The van der Waals surface area contributed by atoms with Crippen LogP contribution in [0.4, 0.5) is 0 Å². The maximum Gasteiger partial charge on any atom is 0.323 e. The van der Waals surface area contributed by atoms with E-state index in [-0.39, 0.29) is 101 Å². The molecule has 0 spiro atoms. The summed E-state index contributed by atoms with van der Waals surface area (Å²) >= 11 is 0.826. The molecule has 2 aromatic heterocycles. The molecule has 5 aromatic rings. The zero-order chi connectivity index (χ0) is 97.2. The predicted molar refractivity (Wildman–Crippen MR) is 489 cm³/mol. The number of nitrogens with zero attached hydrogens (tertiary/aromatic N) is 6. The summed E-state index contributed by atoms with van der Waals surface area (Å²) in [7, 11) is 5.38. The molecule has 40 nitrogen and oxygen atoms in total. The second kappa shape index (κ2) is 49.3. The molecule has 3 aliphatic rings. The quantitative estimate of drug-likeness (QED) is 0.0358. The lowest BCUT2D eigenvalue weighted by atomic mass is 9.90. The van der Waals surface area contributed by atoms with E-state index >= 15 is 33.6 Å². The molecular formula is C91H131N19O21S. The molecular weight excluding hydrogens is 1730 g/mol. The normalized spacial score (nSPS) is 25.2. The van der Waals surface area contributed by atoms with E-state index in [1.165, 1.54) is 75.1 Å². The average molecular weight is 1860 g/mol. The Bertz CT molecular complexity index is 4970. The number of nitrogens with two attached hydrogens (primary N) is 4. The first-order valence-electron chi connectivity index (χ1n) is 44.9. The number of carboxylic acids is 1. The number of amides is 15. The number of fused-ring (bicyclic) bond motifs is 4. The number of thioether (sulfide) groups is 1. The number of likely N-dealkylation sites (N-methyl/N-ethyl adjacent to an activating group) is 3. The lowest BCUT2D eigenvalue weighted by molar-refractivity contribution is -0.149. The molecule has 5 heterocycles. The molecule has 41 heteroatoms. The van der Waals surface area contributed by atoms with Gasteiger partial charge in [0.15, 0.2) is 5.78 Å². The van der Waals surface area contributed by atoms with Crippen molar-refractivity contribution in [2.24, 2.45) is 40.7 Å². The zero-order valence-electron chi connectivity index (χ0n) is 76.9. The predicted octanol–water partition coefficient (Wildman–Crippen LogP) is -0.256. The van der Waals surface area contributed by atoms with E-state index < -0.39 is 236 Å². The van der Waals surface area contributed by atoms with Gasteiger partial charge in [0.1, 0.15) is 90.5 Å². The maximum absolute atomic E-state index is 16.0. The van der Waals surface area contributed by atoms with E-state index in [9.17, 15) is 63.3 Å². The van der Waals surface area contributed by atoms with Gasteiger partial charge in [0.05, 0.1) is 31.4 Å². The summed E-state index contributed by atoms with van der Waals surface area (Å²) in [6, 6.07) is -1.74. The smallest absolute Gasteiger partial charge is 0.323 e. The van der Waals surface area contributed by atoms with Crippen LogP contribution in [0.5, 0.6) is 11.5 Å². The first kappa shape index (κ1) is 105. The Morgan fingerprint density at radius 1 is 0.591 bits per heavy atom. The van der Waals surface area contributed by atoms with Crippen molar-refractivity contribution in [2.45, 2.75) is 249 Å². The van der Waals surface area contributed by atoms with Crippen LogP contribution in [0.3, 0.4) is 0 Å². The first-order valence-corrected chi connectivity index (χ1v) is 46.1. The minimum absolute atomic E-state index is 0.00110. The number of primary amides is 2. The highest BCUT2D eigenvalue weighted by Crippen LogP contribution is 2.32. The second-order valence-corrected chi connectivity index (χ2v) is 36.2. The lowest BCUT2D eigenvalue weighted by Crippen LogP contribution is -2.61.